The number of rotatable bonds is 5. The van der Waals surface area contributed by atoms with Crippen LogP contribution in [0.4, 0.5) is 5.69 Å². The third kappa shape index (κ3) is 7.59. The standard InChI is InChI=1S/C17H18Cl2N2.C2H6N2/c1-3-20-11-21-17-12(2)7-16(19)10-14(17)8-13-5-4-6-15(18)9-13;1-4-2-3/h4-7,9-11H,3,8H2,1-2H3,(H,20,21);2H,1H3,(H2,3,4). The second-order valence-corrected chi connectivity index (χ2v) is 6.12. The first-order valence-corrected chi connectivity index (χ1v) is 8.68. The Balaban J connectivity index is 0.000000705. The summed E-state index contributed by atoms with van der Waals surface area (Å²) >= 11 is 12.2. The molecule has 0 saturated carbocycles. The number of aliphatic imine (C=N–C) groups is 2. The Morgan fingerprint density at radius 3 is 2.48 bits per heavy atom. The summed E-state index contributed by atoms with van der Waals surface area (Å²) in [6, 6.07) is 11.8. The van der Waals surface area contributed by atoms with Gasteiger partial charge in [0.05, 0.1) is 12.7 Å². The molecule has 0 spiro atoms. The molecule has 0 aliphatic rings. The predicted octanol–water partition coefficient (Wildman–Crippen LogP) is 4.96. The van der Waals surface area contributed by atoms with Crippen molar-refractivity contribution >= 4 is 41.6 Å². The highest BCUT2D eigenvalue weighted by atomic mass is 35.5. The molecule has 0 heterocycles. The summed E-state index contributed by atoms with van der Waals surface area (Å²) < 4.78 is 0. The largest absolute Gasteiger partial charge is 0.390 e. The number of halogens is 2. The number of aryl methyl sites for hydroxylation is 1. The van der Waals surface area contributed by atoms with E-state index in [1.807, 2.05) is 44.2 Å². The van der Waals surface area contributed by atoms with Crippen molar-refractivity contribution < 1.29 is 0 Å². The molecular weight excluding hydrogens is 355 g/mol. The van der Waals surface area contributed by atoms with Crippen molar-refractivity contribution in [3.63, 3.8) is 0 Å². The molecule has 2 aromatic carbocycles. The zero-order valence-corrected chi connectivity index (χ0v) is 16.3. The topological polar surface area (TPSA) is 62.8 Å². The lowest BCUT2D eigenvalue weighted by Crippen LogP contribution is -2.03. The molecule has 2 aromatic rings. The normalized spacial score (nSPS) is 10.8. The zero-order chi connectivity index (χ0) is 18.7. The summed E-state index contributed by atoms with van der Waals surface area (Å²) in [6.07, 6.45) is 3.75. The summed E-state index contributed by atoms with van der Waals surface area (Å²) in [5.74, 6) is 0. The van der Waals surface area contributed by atoms with E-state index in [-0.39, 0.29) is 0 Å². The Hall–Kier alpha value is -2.04. The second kappa shape index (κ2) is 11.5. The van der Waals surface area contributed by atoms with Crippen LogP contribution < -0.4 is 11.1 Å². The molecule has 2 rings (SSSR count). The van der Waals surface area contributed by atoms with Crippen molar-refractivity contribution in [2.75, 3.05) is 18.9 Å². The molecule has 0 radical (unpaired) electrons. The SMILES string of the molecule is CCN=CNc1c(C)cc(Cl)cc1Cc1cccc(Cl)c1.CN=CN. The van der Waals surface area contributed by atoms with Gasteiger partial charge in [0, 0.05) is 29.3 Å². The van der Waals surface area contributed by atoms with Crippen LogP contribution in [0.5, 0.6) is 0 Å². The van der Waals surface area contributed by atoms with Crippen LogP contribution in [-0.4, -0.2) is 26.3 Å². The average molecular weight is 379 g/mol. The van der Waals surface area contributed by atoms with Gasteiger partial charge in [0.2, 0.25) is 0 Å². The molecule has 0 saturated heterocycles. The van der Waals surface area contributed by atoms with Gasteiger partial charge in [-0.2, -0.15) is 0 Å². The van der Waals surface area contributed by atoms with Gasteiger partial charge in [-0.05, 0) is 61.2 Å². The molecule has 0 aliphatic carbocycles. The van der Waals surface area contributed by atoms with Crippen molar-refractivity contribution in [2.24, 2.45) is 15.7 Å². The van der Waals surface area contributed by atoms with E-state index in [4.69, 9.17) is 28.9 Å². The smallest absolute Gasteiger partial charge is 0.0867 e. The van der Waals surface area contributed by atoms with Gasteiger partial charge < -0.3 is 11.1 Å². The summed E-state index contributed by atoms with van der Waals surface area (Å²) in [7, 11) is 1.62. The molecule has 25 heavy (non-hydrogen) atoms. The number of hydrogen-bond donors (Lipinski definition) is 2. The molecular formula is C19H24Cl2N4. The third-order valence-electron chi connectivity index (χ3n) is 3.30. The number of nitrogens with two attached hydrogens (primary N) is 1. The van der Waals surface area contributed by atoms with Crippen LogP contribution in [0.1, 0.15) is 23.6 Å². The van der Waals surface area contributed by atoms with E-state index in [0.29, 0.717) is 0 Å². The van der Waals surface area contributed by atoms with Crippen molar-refractivity contribution in [1.29, 1.82) is 0 Å². The molecule has 0 fully saturated rings. The van der Waals surface area contributed by atoms with E-state index in [1.165, 1.54) is 6.34 Å². The minimum absolute atomic E-state index is 0.738. The lowest BCUT2D eigenvalue weighted by atomic mass is 10.0. The van der Waals surface area contributed by atoms with Gasteiger partial charge in [0.1, 0.15) is 0 Å². The number of nitrogens with zero attached hydrogens (tertiary/aromatic N) is 2. The fraction of sp³-hybridized carbons (Fsp3) is 0.263. The van der Waals surface area contributed by atoms with E-state index in [2.05, 4.69) is 21.4 Å². The Kier molecular flexibility index (Phi) is 9.66. The summed E-state index contributed by atoms with van der Waals surface area (Å²) in [6.45, 7) is 4.79. The van der Waals surface area contributed by atoms with Gasteiger partial charge in [0.15, 0.2) is 0 Å². The molecule has 3 N–H and O–H groups in total. The molecule has 0 bridgehead atoms. The van der Waals surface area contributed by atoms with E-state index >= 15 is 0 Å². The maximum Gasteiger partial charge on any atom is 0.0867 e. The maximum atomic E-state index is 6.19. The van der Waals surface area contributed by atoms with Crippen molar-refractivity contribution in [3.05, 3.63) is 63.1 Å². The highest BCUT2D eigenvalue weighted by Crippen LogP contribution is 2.28. The van der Waals surface area contributed by atoms with Gasteiger partial charge in [0.25, 0.3) is 0 Å². The lowest BCUT2D eigenvalue weighted by Gasteiger charge is -2.13. The molecule has 0 aliphatic heterocycles. The molecule has 4 nitrogen and oxygen atoms in total. The Morgan fingerprint density at radius 1 is 1.16 bits per heavy atom. The maximum absolute atomic E-state index is 6.19. The van der Waals surface area contributed by atoms with Gasteiger partial charge in [-0.3, -0.25) is 9.98 Å². The molecule has 0 amide bonds. The third-order valence-corrected chi connectivity index (χ3v) is 3.75. The van der Waals surface area contributed by atoms with Crippen LogP contribution in [0.25, 0.3) is 0 Å². The molecule has 6 heteroatoms. The lowest BCUT2D eigenvalue weighted by molar-refractivity contribution is 1.13. The van der Waals surface area contributed by atoms with E-state index in [9.17, 15) is 0 Å². The number of nitrogens with one attached hydrogen (secondary N) is 1. The fourth-order valence-electron chi connectivity index (χ4n) is 2.23. The number of benzene rings is 2. The average Bonchev–Trinajstić information content (AvgIpc) is 2.57. The molecule has 0 aromatic heterocycles. The van der Waals surface area contributed by atoms with Crippen molar-refractivity contribution in [1.82, 2.24) is 0 Å². The van der Waals surface area contributed by atoms with Gasteiger partial charge in [-0.15, -0.1) is 0 Å². The molecule has 134 valence electrons. The van der Waals surface area contributed by atoms with E-state index in [1.54, 1.807) is 13.4 Å². The van der Waals surface area contributed by atoms with Gasteiger partial charge in [-0.1, -0.05) is 35.3 Å². The summed E-state index contributed by atoms with van der Waals surface area (Å²) in [4.78, 5) is 7.59. The Morgan fingerprint density at radius 2 is 1.88 bits per heavy atom. The molecule has 0 atom stereocenters. The monoisotopic (exact) mass is 378 g/mol. The first kappa shape index (κ1) is 21.0. The van der Waals surface area contributed by atoms with Crippen LogP contribution >= 0.6 is 23.2 Å². The van der Waals surface area contributed by atoms with Crippen LogP contribution in [0.3, 0.4) is 0 Å². The molecule has 0 unspecified atom stereocenters. The predicted molar refractivity (Wildman–Crippen MR) is 112 cm³/mol. The van der Waals surface area contributed by atoms with Crippen LogP contribution in [0, 0.1) is 6.92 Å². The van der Waals surface area contributed by atoms with Crippen LogP contribution in [-0.2, 0) is 6.42 Å². The first-order valence-electron chi connectivity index (χ1n) is 7.92. The van der Waals surface area contributed by atoms with Gasteiger partial charge >= 0.3 is 0 Å². The van der Waals surface area contributed by atoms with E-state index in [0.717, 1.165) is 45.4 Å². The fourth-order valence-corrected chi connectivity index (χ4v) is 2.74. The van der Waals surface area contributed by atoms with E-state index < -0.39 is 0 Å². The number of anilines is 1. The minimum Gasteiger partial charge on any atom is -0.390 e. The van der Waals surface area contributed by atoms with Gasteiger partial charge in [-0.25, -0.2) is 0 Å². The van der Waals surface area contributed by atoms with Crippen LogP contribution in [0.15, 0.2) is 46.4 Å². The quantitative estimate of drug-likeness (QED) is 0.570. The minimum atomic E-state index is 0.738. The van der Waals surface area contributed by atoms with Crippen molar-refractivity contribution in [3.8, 4) is 0 Å². The highest BCUT2D eigenvalue weighted by molar-refractivity contribution is 6.31. The number of hydrogen-bond acceptors (Lipinski definition) is 2. The Labute approximate surface area is 159 Å². The van der Waals surface area contributed by atoms with Crippen molar-refractivity contribution in [2.45, 2.75) is 20.3 Å². The summed E-state index contributed by atoms with van der Waals surface area (Å²) in [5.41, 5.74) is 9.17. The highest BCUT2D eigenvalue weighted by Gasteiger charge is 2.08. The first-order chi connectivity index (χ1) is 12.0. The second-order valence-electron chi connectivity index (χ2n) is 5.24. The zero-order valence-electron chi connectivity index (χ0n) is 14.8. The Bertz CT molecular complexity index is 723. The summed E-state index contributed by atoms with van der Waals surface area (Å²) in [5, 5.41) is 4.74. The van der Waals surface area contributed by atoms with Crippen LogP contribution in [0.2, 0.25) is 10.0 Å².